The predicted octanol–water partition coefficient (Wildman–Crippen LogP) is 2.27. The van der Waals surface area contributed by atoms with Crippen LogP contribution in [0, 0.1) is 0 Å². The Bertz CT molecular complexity index is 1010. The van der Waals surface area contributed by atoms with Crippen molar-refractivity contribution < 1.29 is 9.53 Å². The highest BCUT2D eigenvalue weighted by Crippen LogP contribution is 2.35. The summed E-state index contributed by atoms with van der Waals surface area (Å²) >= 11 is 0. The number of hydrogen-bond donors (Lipinski definition) is 1. The predicted molar refractivity (Wildman–Crippen MR) is 104 cm³/mol. The Kier molecular flexibility index (Phi) is 4.05. The van der Waals surface area contributed by atoms with Crippen molar-refractivity contribution in [3.8, 4) is 17.3 Å². The minimum Gasteiger partial charge on any atom is -0.377 e. The van der Waals surface area contributed by atoms with Crippen LogP contribution in [-0.2, 0) is 9.53 Å². The maximum atomic E-state index is 12.5. The molecule has 1 aromatic carbocycles. The van der Waals surface area contributed by atoms with Crippen molar-refractivity contribution in [2.24, 2.45) is 0 Å². The average molecular weight is 376 g/mol. The van der Waals surface area contributed by atoms with Crippen molar-refractivity contribution in [3.05, 3.63) is 48.9 Å². The SMILES string of the molecule is CCC1C(=O)Nc2cnc(-n3ccnc3-c3ccccc3)nc2N1C1COC1. The number of fused-ring (bicyclic) bond motifs is 1. The Balaban J connectivity index is 1.60. The Morgan fingerprint density at radius 2 is 2.04 bits per heavy atom. The molecule has 1 amide bonds. The lowest BCUT2D eigenvalue weighted by Crippen LogP contribution is -2.59. The number of ether oxygens (including phenoxy) is 1. The Morgan fingerprint density at radius 1 is 1.21 bits per heavy atom. The van der Waals surface area contributed by atoms with E-state index in [1.807, 2.05) is 48.0 Å². The molecule has 2 aliphatic heterocycles. The van der Waals surface area contributed by atoms with Crippen molar-refractivity contribution >= 4 is 17.4 Å². The summed E-state index contributed by atoms with van der Waals surface area (Å²) in [6.45, 7) is 3.21. The molecule has 0 radical (unpaired) electrons. The Morgan fingerprint density at radius 3 is 2.75 bits per heavy atom. The first kappa shape index (κ1) is 16.9. The van der Waals surface area contributed by atoms with Gasteiger partial charge >= 0.3 is 0 Å². The molecular weight excluding hydrogens is 356 g/mol. The zero-order chi connectivity index (χ0) is 19.1. The monoisotopic (exact) mass is 376 g/mol. The van der Waals surface area contributed by atoms with Crippen molar-refractivity contribution in [1.29, 1.82) is 0 Å². The van der Waals surface area contributed by atoms with Gasteiger partial charge in [-0.25, -0.2) is 9.97 Å². The summed E-state index contributed by atoms with van der Waals surface area (Å²) in [6.07, 6.45) is 5.95. The van der Waals surface area contributed by atoms with Gasteiger partial charge in [-0.15, -0.1) is 0 Å². The highest BCUT2D eigenvalue weighted by atomic mass is 16.5. The summed E-state index contributed by atoms with van der Waals surface area (Å²) in [5, 5.41) is 2.94. The fraction of sp³-hybridized carbons (Fsp3) is 0.300. The zero-order valence-corrected chi connectivity index (χ0v) is 15.4. The number of aromatic nitrogens is 4. The molecule has 1 fully saturated rings. The van der Waals surface area contributed by atoms with Crippen LogP contribution < -0.4 is 10.2 Å². The number of amides is 1. The first-order valence-corrected chi connectivity index (χ1v) is 9.39. The summed E-state index contributed by atoms with van der Waals surface area (Å²) in [7, 11) is 0. The lowest BCUT2D eigenvalue weighted by atomic mass is 10.0. The van der Waals surface area contributed by atoms with E-state index < -0.39 is 0 Å². The normalized spacial score (nSPS) is 19.1. The fourth-order valence-electron chi connectivity index (χ4n) is 3.71. The van der Waals surface area contributed by atoms with Gasteiger partial charge in [0.1, 0.15) is 17.6 Å². The molecule has 2 aromatic heterocycles. The fourth-order valence-corrected chi connectivity index (χ4v) is 3.71. The molecule has 1 atom stereocenters. The van der Waals surface area contributed by atoms with E-state index >= 15 is 0 Å². The van der Waals surface area contributed by atoms with Crippen LogP contribution >= 0.6 is 0 Å². The van der Waals surface area contributed by atoms with Crippen LogP contribution in [0.1, 0.15) is 13.3 Å². The molecule has 0 saturated carbocycles. The molecule has 0 spiro atoms. The second kappa shape index (κ2) is 6.72. The summed E-state index contributed by atoms with van der Waals surface area (Å²) in [4.78, 5) is 28.4. The van der Waals surface area contributed by atoms with E-state index in [1.54, 1.807) is 12.4 Å². The van der Waals surface area contributed by atoms with Gasteiger partial charge in [-0.2, -0.15) is 4.98 Å². The molecule has 142 valence electrons. The summed E-state index contributed by atoms with van der Waals surface area (Å²) in [5.74, 6) is 2.00. The summed E-state index contributed by atoms with van der Waals surface area (Å²) in [5.41, 5.74) is 1.62. The largest absolute Gasteiger partial charge is 0.377 e. The van der Waals surface area contributed by atoms with Crippen molar-refractivity contribution in [2.45, 2.75) is 25.4 Å². The number of anilines is 2. The molecule has 0 aliphatic carbocycles. The van der Waals surface area contributed by atoms with Crippen LogP contribution in [0.25, 0.3) is 17.3 Å². The van der Waals surface area contributed by atoms with E-state index in [9.17, 15) is 4.79 Å². The molecule has 2 aliphatic rings. The van der Waals surface area contributed by atoms with E-state index in [1.165, 1.54) is 0 Å². The smallest absolute Gasteiger partial charge is 0.247 e. The Labute approximate surface area is 162 Å². The number of imidazole rings is 1. The van der Waals surface area contributed by atoms with Gasteiger partial charge in [0, 0.05) is 18.0 Å². The van der Waals surface area contributed by atoms with Crippen molar-refractivity contribution in [1.82, 2.24) is 19.5 Å². The third-order valence-corrected chi connectivity index (χ3v) is 5.19. The molecule has 8 heteroatoms. The van der Waals surface area contributed by atoms with Crippen molar-refractivity contribution in [3.63, 3.8) is 0 Å². The first-order valence-electron chi connectivity index (χ1n) is 9.39. The zero-order valence-electron chi connectivity index (χ0n) is 15.4. The number of carbonyl (C=O) groups excluding carboxylic acids is 1. The lowest BCUT2D eigenvalue weighted by molar-refractivity contribution is -0.118. The number of benzene rings is 1. The summed E-state index contributed by atoms with van der Waals surface area (Å²) < 4.78 is 7.24. The maximum absolute atomic E-state index is 12.5. The molecule has 5 rings (SSSR count). The lowest BCUT2D eigenvalue weighted by Gasteiger charge is -2.44. The number of hydrogen-bond acceptors (Lipinski definition) is 6. The van der Waals surface area contributed by atoms with Gasteiger partial charge in [-0.3, -0.25) is 9.36 Å². The molecule has 1 unspecified atom stereocenters. The van der Waals surface area contributed by atoms with Gasteiger partial charge in [0.2, 0.25) is 11.9 Å². The van der Waals surface area contributed by atoms with Crippen LogP contribution in [0.5, 0.6) is 0 Å². The van der Waals surface area contributed by atoms with E-state index in [2.05, 4.69) is 20.2 Å². The van der Waals surface area contributed by atoms with E-state index in [4.69, 9.17) is 9.72 Å². The highest BCUT2D eigenvalue weighted by Gasteiger charge is 2.40. The third-order valence-electron chi connectivity index (χ3n) is 5.19. The highest BCUT2D eigenvalue weighted by molar-refractivity contribution is 6.02. The third kappa shape index (κ3) is 2.65. The maximum Gasteiger partial charge on any atom is 0.247 e. The number of nitrogens with zero attached hydrogens (tertiary/aromatic N) is 5. The number of rotatable bonds is 4. The van der Waals surface area contributed by atoms with Gasteiger partial charge in [0.15, 0.2) is 5.82 Å². The van der Waals surface area contributed by atoms with Gasteiger partial charge in [-0.1, -0.05) is 37.3 Å². The number of nitrogens with one attached hydrogen (secondary N) is 1. The minimum atomic E-state index is -0.263. The van der Waals surface area contributed by atoms with Crippen LogP contribution in [0.4, 0.5) is 11.5 Å². The topological polar surface area (TPSA) is 85.2 Å². The quantitative estimate of drug-likeness (QED) is 0.752. The molecule has 28 heavy (non-hydrogen) atoms. The summed E-state index contributed by atoms with van der Waals surface area (Å²) in [6, 6.07) is 9.81. The first-order chi connectivity index (χ1) is 13.8. The second-order valence-corrected chi connectivity index (χ2v) is 6.91. The molecule has 1 N–H and O–H groups in total. The van der Waals surface area contributed by atoms with E-state index in [0.717, 1.165) is 17.2 Å². The van der Waals surface area contributed by atoms with Crippen LogP contribution in [0.15, 0.2) is 48.9 Å². The van der Waals surface area contributed by atoms with Gasteiger partial charge in [-0.05, 0) is 6.42 Å². The molecular formula is C20H20N6O2. The molecule has 3 aromatic rings. The molecule has 0 bridgehead atoms. The molecule has 1 saturated heterocycles. The standard InChI is InChI=1S/C20H20N6O2/c1-2-16-19(27)23-15-10-22-20(24-18(15)26(16)14-11-28-12-14)25-9-8-21-17(25)13-6-4-3-5-7-13/h3-10,14,16H,2,11-12H2,1H3,(H,23,27). The van der Waals surface area contributed by atoms with Gasteiger partial charge in [0.05, 0.1) is 25.5 Å². The van der Waals surface area contributed by atoms with Crippen molar-refractivity contribution in [2.75, 3.05) is 23.4 Å². The van der Waals surface area contributed by atoms with E-state index in [-0.39, 0.29) is 18.0 Å². The molecule has 8 nitrogen and oxygen atoms in total. The van der Waals surface area contributed by atoms with Crippen LogP contribution in [-0.4, -0.2) is 50.7 Å². The van der Waals surface area contributed by atoms with Crippen LogP contribution in [0.2, 0.25) is 0 Å². The second-order valence-electron chi connectivity index (χ2n) is 6.91. The number of carbonyl (C=O) groups is 1. The van der Waals surface area contributed by atoms with E-state index in [0.29, 0.717) is 31.3 Å². The van der Waals surface area contributed by atoms with Gasteiger partial charge < -0.3 is 15.0 Å². The Hall–Kier alpha value is -3.26. The van der Waals surface area contributed by atoms with Crippen LogP contribution in [0.3, 0.4) is 0 Å². The average Bonchev–Trinajstić information content (AvgIpc) is 3.17. The molecule has 4 heterocycles. The minimum absolute atomic E-state index is 0.0224. The van der Waals surface area contributed by atoms with Gasteiger partial charge in [0.25, 0.3) is 0 Å².